The quantitative estimate of drug-likeness (QED) is 0.844. The number of anilines is 1. The Labute approximate surface area is 103 Å². The Kier molecular flexibility index (Phi) is 3.32. The maximum absolute atomic E-state index is 5.42. The van der Waals surface area contributed by atoms with E-state index < -0.39 is 0 Å². The summed E-state index contributed by atoms with van der Waals surface area (Å²) in [6.45, 7) is 3.04. The Bertz CT molecular complexity index is 383. The Balaban J connectivity index is 1.70. The fourth-order valence-electron chi connectivity index (χ4n) is 2.92. The van der Waals surface area contributed by atoms with Crippen LogP contribution in [0.15, 0.2) is 18.2 Å². The summed E-state index contributed by atoms with van der Waals surface area (Å²) in [4.78, 5) is 0. The van der Waals surface area contributed by atoms with E-state index in [2.05, 4.69) is 23.5 Å². The smallest absolute Gasteiger partial charge is 0.0468 e. The number of benzene rings is 1. The van der Waals surface area contributed by atoms with Crippen molar-refractivity contribution < 1.29 is 4.74 Å². The number of nitrogens with one attached hydrogen (secondary N) is 1. The van der Waals surface area contributed by atoms with Crippen molar-refractivity contribution in [3.63, 3.8) is 0 Å². The van der Waals surface area contributed by atoms with Crippen LogP contribution in [-0.2, 0) is 17.6 Å². The molecule has 0 radical (unpaired) electrons. The summed E-state index contributed by atoms with van der Waals surface area (Å²) in [5.74, 6) is 0.824. The highest BCUT2D eigenvalue weighted by molar-refractivity contribution is 5.54. The summed E-state index contributed by atoms with van der Waals surface area (Å²) in [6, 6.07) is 7.00. The molecule has 17 heavy (non-hydrogen) atoms. The van der Waals surface area contributed by atoms with Crippen molar-refractivity contribution in [2.45, 2.75) is 32.1 Å². The molecule has 0 aromatic heterocycles. The molecule has 0 bridgehead atoms. The van der Waals surface area contributed by atoms with Gasteiger partial charge < -0.3 is 10.1 Å². The van der Waals surface area contributed by atoms with Gasteiger partial charge in [-0.3, -0.25) is 0 Å². The van der Waals surface area contributed by atoms with E-state index in [1.165, 1.54) is 48.9 Å². The molecule has 0 unspecified atom stereocenters. The summed E-state index contributed by atoms with van der Waals surface area (Å²) >= 11 is 0. The Morgan fingerprint density at radius 3 is 3.00 bits per heavy atom. The van der Waals surface area contributed by atoms with Gasteiger partial charge in [0, 0.05) is 25.4 Å². The van der Waals surface area contributed by atoms with E-state index in [1.54, 1.807) is 0 Å². The van der Waals surface area contributed by atoms with Crippen LogP contribution in [0.4, 0.5) is 5.69 Å². The highest BCUT2D eigenvalue weighted by Gasteiger charge is 2.15. The summed E-state index contributed by atoms with van der Waals surface area (Å²) in [5.41, 5.74) is 4.36. The van der Waals surface area contributed by atoms with Crippen molar-refractivity contribution in [1.29, 1.82) is 0 Å². The summed E-state index contributed by atoms with van der Waals surface area (Å²) in [6.07, 6.45) is 6.18. The van der Waals surface area contributed by atoms with Gasteiger partial charge in [0.15, 0.2) is 0 Å². The van der Waals surface area contributed by atoms with Gasteiger partial charge in [-0.05, 0) is 55.2 Å². The molecule has 1 aromatic rings. The van der Waals surface area contributed by atoms with Crippen LogP contribution in [0.3, 0.4) is 0 Å². The third kappa shape index (κ3) is 2.63. The van der Waals surface area contributed by atoms with E-state index in [0.29, 0.717) is 0 Å². The van der Waals surface area contributed by atoms with Gasteiger partial charge in [-0.15, -0.1) is 0 Å². The van der Waals surface area contributed by atoms with E-state index in [1.807, 2.05) is 0 Å². The summed E-state index contributed by atoms with van der Waals surface area (Å²) in [7, 11) is 0. The maximum atomic E-state index is 5.42. The fourth-order valence-corrected chi connectivity index (χ4v) is 2.92. The molecule has 0 saturated carbocycles. The van der Waals surface area contributed by atoms with Gasteiger partial charge in [-0.2, -0.15) is 0 Å². The average molecular weight is 231 g/mol. The van der Waals surface area contributed by atoms with Crippen molar-refractivity contribution in [1.82, 2.24) is 0 Å². The topological polar surface area (TPSA) is 21.3 Å². The molecule has 0 aliphatic carbocycles. The zero-order valence-corrected chi connectivity index (χ0v) is 10.4. The van der Waals surface area contributed by atoms with E-state index in [-0.39, 0.29) is 0 Å². The Morgan fingerprint density at radius 1 is 1.24 bits per heavy atom. The minimum atomic E-state index is 0.824. The minimum absolute atomic E-state index is 0.824. The first-order valence-corrected chi connectivity index (χ1v) is 6.85. The predicted octanol–water partition coefficient (Wildman–Crippen LogP) is 3.01. The van der Waals surface area contributed by atoms with Gasteiger partial charge >= 0.3 is 0 Å². The lowest BCUT2D eigenvalue weighted by Gasteiger charge is -2.23. The molecular weight excluding hydrogens is 210 g/mol. The van der Waals surface area contributed by atoms with Crippen LogP contribution >= 0.6 is 0 Å². The lowest BCUT2D eigenvalue weighted by Crippen LogP contribution is -2.18. The van der Waals surface area contributed by atoms with Crippen molar-refractivity contribution in [3.05, 3.63) is 29.3 Å². The van der Waals surface area contributed by atoms with Crippen LogP contribution in [-0.4, -0.2) is 19.8 Å². The predicted molar refractivity (Wildman–Crippen MR) is 70.5 cm³/mol. The summed E-state index contributed by atoms with van der Waals surface area (Å²) in [5, 5.41) is 3.52. The maximum Gasteiger partial charge on any atom is 0.0468 e. The van der Waals surface area contributed by atoms with E-state index in [4.69, 9.17) is 4.74 Å². The van der Waals surface area contributed by atoms with Crippen LogP contribution < -0.4 is 5.32 Å². The van der Waals surface area contributed by atoms with Crippen LogP contribution in [0, 0.1) is 5.92 Å². The number of hydrogen-bond acceptors (Lipinski definition) is 2. The van der Waals surface area contributed by atoms with Crippen molar-refractivity contribution in [2.24, 2.45) is 5.92 Å². The molecule has 1 N–H and O–H groups in total. The zero-order chi connectivity index (χ0) is 11.5. The number of rotatable bonds is 2. The molecule has 92 valence electrons. The zero-order valence-electron chi connectivity index (χ0n) is 10.4. The molecule has 1 aromatic carbocycles. The van der Waals surface area contributed by atoms with E-state index in [9.17, 15) is 0 Å². The van der Waals surface area contributed by atoms with Gasteiger partial charge in [-0.25, -0.2) is 0 Å². The monoisotopic (exact) mass is 231 g/mol. The molecule has 0 spiro atoms. The molecule has 0 atom stereocenters. The molecule has 2 heteroatoms. The first kappa shape index (κ1) is 11.1. The average Bonchev–Trinajstić information content (AvgIpc) is 2.40. The number of hydrogen-bond donors (Lipinski definition) is 1. The molecule has 2 heterocycles. The molecule has 1 fully saturated rings. The summed E-state index contributed by atoms with van der Waals surface area (Å²) < 4.78 is 5.42. The first-order valence-electron chi connectivity index (χ1n) is 6.85. The molecule has 2 aliphatic heterocycles. The molecule has 1 saturated heterocycles. The largest absolute Gasteiger partial charge is 0.385 e. The normalized spacial score (nSPS) is 20.7. The second-order valence-corrected chi connectivity index (χ2v) is 5.28. The van der Waals surface area contributed by atoms with Crippen LogP contribution in [0.1, 0.15) is 30.4 Å². The SMILES string of the molecule is c1cc2c(cc1CC1CCOCC1)NCCC2. The number of fused-ring (bicyclic) bond motifs is 1. The first-order chi connectivity index (χ1) is 8.42. The third-order valence-corrected chi connectivity index (χ3v) is 3.98. The minimum Gasteiger partial charge on any atom is -0.385 e. The van der Waals surface area contributed by atoms with Crippen molar-refractivity contribution >= 4 is 5.69 Å². The Hall–Kier alpha value is -1.02. The molecule has 3 rings (SSSR count). The number of aryl methyl sites for hydroxylation is 1. The lowest BCUT2D eigenvalue weighted by atomic mass is 9.91. The Morgan fingerprint density at radius 2 is 2.12 bits per heavy atom. The lowest BCUT2D eigenvalue weighted by molar-refractivity contribution is 0.0665. The van der Waals surface area contributed by atoms with Gasteiger partial charge in [-0.1, -0.05) is 12.1 Å². The van der Waals surface area contributed by atoms with Crippen molar-refractivity contribution in [2.75, 3.05) is 25.1 Å². The fraction of sp³-hybridized carbons (Fsp3) is 0.600. The van der Waals surface area contributed by atoms with Gasteiger partial charge in [0.25, 0.3) is 0 Å². The molecular formula is C15H21NO. The molecule has 0 amide bonds. The highest BCUT2D eigenvalue weighted by atomic mass is 16.5. The van der Waals surface area contributed by atoms with Crippen molar-refractivity contribution in [3.8, 4) is 0 Å². The highest BCUT2D eigenvalue weighted by Crippen LogP contribution is 2.26. The second-order valence-electron chi connectivity index (χ2n) is 5.28. The number of ether oxygens (including phenoxy) is 1. The van der Waals surface area contributed by atoms with Gasteiger partial charge in [0.2, 0.25) is 0 Å². The third-order valence-electron chi connectivity index (χ3n) is 3.98. The van der Waals surface area contributed by atoms with Gasteiger partial charge in [0.05, 0.1) is 0 Å². The van der Waals surface area contributed by atoms with Crippen LogP contribution in [0.2, 0.25) is 0 Å². The van der Waals surface area contributed by atoms with Gasteiger partial charge in [0.1, 0.15) is 0 Å². The van der Waals surface area contributed by atoms with E-state index in [0.717, 1.165) is 25.7 Å². The standard InChI is InChI=1S/C15H21NO/c1-2-14-4-3-13(11-15(14)16-7-1)10-12-5-8-17-9-6-12/h3-4,11-12,16H,1-2,5-10H2. The van der Waals surface area contributed by atoms with E-state index >= 15 is 0 Å². The molecule has 2 nitrogen and oxygen atoms in total. The molecule has 2 aliphatic rings. The van der Waals surface area contributed by atoms with Crippen LogP contribution in [0.5, 0.6) is 0 Å². The van der Waals surface area contributed by atoms with Crippen LogP contribution in [0.25, 0.3) is 0 Å². The second kappa shape index (κ2) is 5.09.